The molecule has 0 spiro atoms. The molecule has 45 heavy (non-hydrogen) atoms. The third-order valence-electron chi connectivity index (χ3n) is 7.79. The number of nitrogens with zero attached hydrogens (tertiary/aromatic N) is 2. The predicted molar refractivity (Wildman–Crippen MR) is 177 cm³/mol. The molecule has 1 atom stereocenters. The van der Waals surface area contributed by atoms with Gasteiger partial charge in [0.25, 0.3) is 5.91 Å². The maximum atomic E-state index is 13.6. The topological polar surface area (TPSA) is 101 Å². The van der Waals surface area contributed by atoms with Gasteiger partial charge in [0.1, 0.15) is 15.7 Å². The van der Waals surface area contributed by atoms with Crippen molar-refractivity contribution < 1.29 is 26.0 Å². The van der Waals surface area contributed by atoms with E-state index in [0.717, 1.165) is 39.4 Å². The molecule has 0 aliphatic carbocycles. The molecule has 232 valence electrons. The zero-order valence-electron chi connectivity index (χ0n) is 25.1. The zero-order valence-corrected chi connectivity index (χ0v) is 26.8. The van der Waals surface area contributed by atoms with E-state index in [-0.39, 0.29) is 17.3 Å². The summed E-state index contributed by atoms with van der Waals surface area (Å²) in [5.74, 6) is -0.801. The first-order valence-corrected chi connectivity index (χ1v) is 18.2. The van der Waals surface area contributed by atoms with Crippen molar-refractivity contribution >= 4 is 42.2 Å². The zero-order chi connectivity index (χ0) is 32.4. The Kier molecular flexibility index (Phi) is 9.18. The quantitative estimate of drug-likeness (QED) is 0.177. The number of aromatic nitrogens is 1. The van der Waals surface area contributed by atoms with E-state index in [1.165, 1.54) is 42.7 Å². The van der Waals surface area contributed by atoms with Gasteiger partial charge in [-0.05, 0) is 103 Å². The van der Waals surface area contributed by atoms with Crippen LogP contribution in [0, 0.1) is 5.82 Å². The van der Waals surface area contributed by atoms with Crippen LogP contribution < -0.4 is 4.90 Å². The lowest BCUT2D eigenvalue weighted by Crippen LogP contribution is -2.33. The number of benzene rings is 4. The summed E-state index contributed by atoms with van der Waals surface area (Å²) in [6.45, 7) is 1.97. The lowest BCUT2D eigenvalue weighted by Gasteiger charge is -2.23. The Labute approximate surface area is 263 Å². The minimum absolute atomic E-state index is 0.141. The predicted octanol–water partition coefficient (Wildman–Crippen LogP) is 6.31. The second-order valence-electron chi connectivity index (χ2n) is 11.2. The molecule has 0 aliphatic heterocycles. The Morgan fingerprint density at radius 3 is 2.22 bits per heavy atom. The summed E-state index contributed by atoms with van der Waals surface area (Å²) in [5, 5.41) is 0.367. The van der Waals surface area contributed by atoms with Crippen LogP contribution >= 0.6 is 0 Å². The van der Waals surface area contributed by atoms with Gasteiger partial charge in [0.05, 0.1) is 15.7 Å². The van der Waals surface area contributed by atoms with Crippen LogP contribution in [0.15, 0.2) is 108 Å². The fourth-order valence-corrected chi connectivity index (χ4v) is 6.31. The number of hydrogen-bond donors (Lipinski definition) is 0. The normalized spacial score (nSPS) is 12.6. The summed E-state index contributed by atoms with van der Waals surface area (Å²) < 4.78 is 61.9. The largest absolute Gasteiger partial charge is 0.308 e. The van der Waals surface area contributed by atoms with Crippen molar-refractivity contribution in [3.8, 4) is 11.1 Å². The number of amides is 1. The number of anilines is 1. The first-order valence-electron chi connectivity index (χ1n) is 14.3. The van der Waals surface area contributed by atoms with Crippen LogP contribution in [-0.2, 0) is 32.5 Å². The molecule has 1 heterocycles. The lowest BCUT2D eigenvalue weighted by molar-refractivity contribution is 0.0987. The smallest absolute Gasteiger partial charge is 0.258 e. The molecule has 0 N–H and O–H groups in total. The first kappa shape index (κ1) is 32.0. The minimum Gasteiger partial charge on any atom is -0.308 e. The molecular weight excluding hydrogens is 612 g/mol. The van der Waals surface area contributed by atoms with Crippen molar-refractivity contribution in [1.29, 1.82) is 0 Å². The number of sulfone groups is 2. The molecule has 1 unspecified atom stereocenters. The van der Waals surface area contributed by atoms with Gasteiger partial charge < -0.3 is 4.90 Å². The highest BCUT2D eigenvalue weighted by Crippen LogP contribution is 2.31. The molecule has 0 radical (unpaired) electrons. The Balaban J connectivity index is 1.48. The van der Waals surface area contributed by atoms with Crippen molar-refractivity contribution in [2.24, 2.45) is 0 Å². The van der Waals surface area contributed by atoms with Crippen LogP contribution in [0.4, 0.5) is 10.1 Å². The molecule has 7 nitrogen and oxygen atoms in total. The van der Waals surface area contributed by atoms with E-state index in [1.807, 2.05) is 48.5 Å². The third-order valence-corrected chi connectivity index (χ3v) is 10.6. The number of carbonyl (C=O) groups excluding carboxylic acids is 1. The molecule has 0 saturated carbocycles. The third kappa shape index (κ3) is 7.64. The monoisotopic (exact) mass is 644 g/mol. The summed E-state index contributed by atoms with van der Waals surface area (Å²) in [6.07, 6.45) is 4.92. The van der Waals surface area contributed by atoms with Crippen molar-refractivity contribution in [3.05, 3.63) is 126 Å². The maximum absolute atomic E-state index is 13.6. The average molecular weight is 645 g/mol. The van der Waals surface area contributed by atoms with Gasteiger partial charge in [0, 0.05) is 47.5 Å². The Bertz CT molecular complexity index is 2080. The lowest BCUT2D eigenvalue weighted by atomic mass is 9.95. The van der Waals surface area contributed by atoms with Crippen molar-refractivity contribution in [2.75, 3.05) is 24.0 Å². The summed E-state index contributed by atoms with van der Waals surface area (Å²) in [5.41, 5.74) is 5.22. The Hall–Kier alpha value is -4.41. The Morgan fingerprint density at radius 2 is 1.56 bits per heavy atom. The second-order valence-corrected chi connectivity index (χ2v) is 15.7. The molecule has 5 rings (SSSR count). The molecule has 0 aliphatic rings. The number of halogens is 1. The van der Waals surface area contributed by atoms with E-state index in [1.54, 1.807) is 30.2 Å². The number of rotatable bonds is 10. The van der Waals surface area contributed by atoms with E-state index in [2.05, 4.69) is 4.98 Å². The summed E-state index contributed by atoms with van der Waals surface area (Å²) in [6, 6.07) is 27.1. The van der Waals surface area contributed by atoms with Crippen LogP contribution in [0.1, 0.15) is 28.4 Å². The van der Waals surface area contributed by atoms with Gasteiger partial charge in [0.2, 0.25) is 0 Å². The molecular formula is C35H33FN2O5S2. The van der Waals surface area contributed by atoms with Gasteiger partial charge in [0.15, 0.2) is 9.84 Å². The number of hydrogen-bond acceptors (Lipinski definition) is 6. The molecule has 1 amide bonds. The van der Waals surface area contributed by atoms with Gasteiger partial charge in [-0.25, -0.2) is 21.2 Å². The highest BCUT2D eigenvalue weighted by atomic mass is 32.2. The first-order chi connectivity index (χ1) is 21.3. The molecule has 0 bridgehead atoms. The van der Waals surface area contributed by atoms with E-state index in [9.17, 15) is 26.0 Å². The molecule has 4 aromatic carbocycles. The van der Waals surface area contributed by atoms with E-state index in [0.29, 0.717) is 24.1 Å². The fourth-order valence-electron chi connectivity index (χ4n) is 5.18. The van der Waals surface area contributed by atoms with Crippen molar-refractivity contribution in [2.45, 2.75) is 29.9 Å². The Morgan fingerprint density at radius 1 is 0.844 bits per heavy atom. The van der Waals surface area contributed by atoms with Crippen molar-refractivity contribution in [3.63, 3.8) is 0 Å². The van der Waals surface area contributed by atoms with Gasteiger partial charge >= 0.3 is 0 Å². The maximum Gasteiger partial charge on any atom is 0.258 e. The summed E-state index contributed by atoms with van der Waals surface area (Å²) in [4.78, 5) is 19.9. The number of pyridine rings is 1. The van der Waals surface area contributed by atoms with Gasteiger partial charge in [-0.3, -0.25) is 9.78 Å². The highest BCUT2D eigenvalue weighted by molar-refractivity contribution is 7.91. The van der Waals surface area contributed by atoms with Crippen LogP contribution in [0.2, 0.25) is 0 Å². The summed E-state index contributed by atoms with van der Waals surface area (Å²) >= 11 is 0. The number of carbonyl (C=O) groups is 1. The second kappa shape index (κ2) is 12.9. The number of fused-ring (bicyclic) bond motifs is 1. The molecule has 10 heteroatoms. The average Bonchev–Trinajstić information content (AvgIpc) is 3.00. The van der Waals surface area contributed by atoms with E-state index >= 15 is 0 Å². The highest BCUT2D eigenvalue weighted by Gasteiger charge is 2.20. The molecule has 5 aromatic rings. The summed E-state index contributed by atoms with van der Waals surface area (Å²) in [7, 11) is -6.63. The van der Waals surface area contributed by atoms with E-state index < -0.39 is 30.7 Å². The molecule has 0 fully saturated rings. The van der Waals surface area contributed by atoms with Crippen LogP contribution in [0.3, 0.4) is 0 Å². The minimum atomic E-state index is -3.42. The molecule has 1 aromatic heterocycles. The van der Waals surface area contributed by atoms with Crippen LogP contribution in [0.25, 0.3) is 22.0 Å². The van der Waals surface area contributed by atoms with Crippen LogP contribution in [-0.4, -0.2) is 52.0 Å². The van der Waals surface area contributed by atoms with Gasteiger partial charge in [-0.1, -0.05) is 30.3 Å². The standard InChI is InChI=1S/C35H33FN2O5S2/c1-24(44(2,40)41)20-26-22-29-8-5-18-37-34(29)33(23-26)28-7-4-6-25(21-28)17-19-38(35(39)27-9-11-30(36)12-10-27)31-13-15-32(16-14-31)45(3,42)43/h4-16,18,21-24H,17,19-20H2,1-3H3. The van der Waals surface area contributed by atoms with E-state index in [4.69, 9.17) is 0 Å². The van der Waals surface area contributed by atoms with Gasteiger partial charge in [-0.15, -0.1) is 0 Å². The SMILES string of the molecule is CC(Cc1cc(-c2cccc(CCN(C(=O)c3ccc(F)cc3)c3ccc(S(C)(=O)=O)cc3)c2)c2ncccc2c1)S(C)(=O)=O. The van der Waals surface area contributed by atoms with Gasteiger partial charge in [-0.2, -0.15) is 0 Å². The van der Waals surface area contributed by atoms with Crippen molar-refractivity contribution in [1.82, 2.24) is 4.98 Å². The van der Waals surface area contributed by atoms with Crippen LogP contribution in [0.5, 0.6) is 0 Å². The fraction of sp³-hybridized carbons (Fsp3) is 0.200. The molecule has 0 saturated heterocycles.